The minimum absolute atomic E-state index is 1.10. The van der Waals surface area contributed by atoms with Crippen LogP contribution in [0.4, 0.5) is 22.7 Å². The summed E-state index contributed by atoms with van der Waals surface area (Å²) < 4.78 is 0. The molecule has 3 heteroatoms. The van der Waals surface area contributed by atoms with Crippen molar-refractivity contribution < 1.29 is 0 Å². The molecule has 1 heterocycles. The molecule has 0 saturated carbocycles. The second-order valence-corrected chi connectivity index (χ2v) is 6.01. The van der Waals surface area contributed by atoms with Crippen molar-refractivity contribution >= 4 is 34.5 Å². The van der Waals surface area contributed by atoms with Crippen molar-refractivity contribution in [3.63, 3.8) is 0 Å². The van der Waals surface area contributed by atoms with Crippen LogP contribution in [0.2, 0.25) is 0 Å². The molecular formula is C18H14N2S. The van der Waals surface area contributed by atoms with Crippen LogP contribution in [0.25, 0.3) is 0 Å². The summed E-state index contributed by atoms with van der Waals surface area (Å²) in [6.45, 7) is 0. The van der Waals surface area contributed by atoms with Crippen LogP contribution in [0, 0.1) is 0 Å². The Kier molecular flexibility index (Phi) is 3.05. The van der Waals surface area contributed by atoms with Gasteiger partial charge in [0.1, 0.15) is 0 Å². The van der Waals surface area contributed by atoms with Crippen molar-refractivity contribution in [3.8, 4) is 0 Å². The third-order valence-electron chi connectivity index (χ3n) is 3.42. The lowest BCUT2D eigenvalue weighted by atomic mass is 10.2. The maximum Gasteiger partial charge on any atom is 0.0527 e. The molecule has 0 amide bonds. The highest BCUT2D eigenvalue weighted by Gasteiger charge is 2.15. The van der Waals surface area contributed by atoms with Gasteiger partial charge in [0, 0.05) is 21.2 Å². The van der Waals surface area contributed by atoms with Gasteiger partial charge in [0.15, 0.2) is 0 Å². The van der Waals surface area contributed by atoms with E-state index < -0.39 is 0 Å². The summed E-state index contributed by atoms with van der Waals surface area (Å²) in [5.41, 5.74) is 4.55. The first-order valence-corrected chi connectivity index (χ1v) is 7.70. The van der Waals surface area contributed by atoms with Crippen LogP contribution in [-0.4, -0.2) is 0 Å². The predicted molar refractivity (Wildman–Crippen MR) is 90.0 cm³/mol. The Labute approximate surface area is 128 Å². The summed E-state index contributed by atoms with van der Waals surface area (Å²) >= 11 is 1.80. The summed E-state index contributed by atoms with van der Waals surface area (Å²) in [7, 11) is 0. The molecule has 0 atom stereocenters. The molecule has 0 aliphatic carbocycles. The molecule has 102 valence electrons. The van der Waals surface area contributed by atoms with Gasteiger partial charge < -0.3 is 10.6 Å². The minimum atomic E-state index is 1.10. The maximum atomic E-state index is 3.48. The Morgan fingerprint density at radius 2 is 1.43 bits per heavy atom. The van der Waals surface area contributed by atoms with Crippen LogP contribution in [0.5, 0.6) is 0 Å². The Balaban J connectivity index is 1.64. The molecule has 1 aliphatic rings. The molecule has 1 aliphatic heterocycles. The first-order valence-electron chi connectivity index (χ1n) is 6.88. The van der Waals surface area contributed by atoms with Gasteiger partial charge in [-0.1, -0.05) is 42.1 Å². The zero-order valence-corrected chi connectivity index (χ0v) is 12.2. The molecule has 2 nitrogen and oxygen atoms in total. The van der Waals surface area contributed by atoms with E-state index in [4.69, 9.17) is 0 Å². The van der Waals surface area contributed by atoms with Gasteiger partial charge in [0.2, 0.25) is 0 Å². The number of benzene rings is 3. The Morgan fingerprint density at radius 3 is 2.33 bits per heavy atom. The summed E-state index contributed by atoms with van der Waals surface area (Å²) in [5.74, 6) is 0. The van der Waals surface area contributed by atoms with Gasteiger partial charge in [-0.25, -0.2) is 0 Å². The van der Waals surface area contributed by atoms with Gasteiger partial charge in [0.05, 0.1) is 11.4 Å². The van der Waals surface area contributed by atoms with E-state index in [-0.39, 0.29) is 0 Å². The van der Waals surface area contributed by atoms with E-state index in [1.54, 1.807) is 11.8 Å². The fourth-order valence-corrected chi connectivity index (χ4v) is 3.43. The van der Waals surface area contributed by atoms with E-state index in [1.165, 1.54) is 15.5 Å². The van der Waals surface area contributed by atoms with E-state index >= 15 is 0 Å². The van der Waals surface area contributed by atoms with Crippen molar-refractivity contribution in [1.29, 1.82) is 0 Å². The van der Waals surface area contributed by atoms with Crippen molar-refractivity contribution in [2.24, 2.45) is 0 Å². The predicted octanol–water partition coefficient (Wildman–Crippen LogP) is 5.64. The van der Waals surface area contributed by atoms with E-state index in [2.05, 4.69) is 65.2 Å². The van der Waals surface area contributed by atoms with E-state index in [0.717, 1.165) is 17.1 Å². The molecule has 21 heavy (non-hydrogen) atoms. The Hall–Kier alpha value is -2.39. The lowest BCUT2D eigenvalue weighted by Crippen LogP contribution is -2.00. The van der Waals surface area contributed by atoms with Gasteiger partial charge in [0.25, 0.3) is 0 Å². The summed E-state index contributed by atoms with van der Waals surface area (Å²) in [5, 5.41) is 6.92. The summed E-state index contributed by atoms with van der Waals surface area (Å²) in [4.78, 5) is 2.51. The molecule has 0 radical (unpaired) electrons. The topological polar surface area (TPSA) is 24.1 Å². The highest BCUT2D eigenvalue weighted by molar-refractivity contribution is 7.99. The normalized spacial score (nSPS) is 12.0. The van der Waals surface area contributed by atoms with E-state index in [0.29, 0.717) is 0 Å². The molecule has 0 spiro atoms. The third-order valence-corrected chi connectivity index (χ3v) is 4.55. The molecule has 0 bridgehead atoms. The van der Waals surface area contributed by atoms with E-state index in [9.17, 15) is 0 Å². The number of anilines is 4. The van der Waals surface area contributed by atoms with Gasteiger partial charge >= 0.3 is 0 Å². The molecule has 0 aromatic heterocycles. The zero-order chi connectivity index (χ0) is 14.1. The SMILES string of the molecule is c1ccc(Nc2ccc3c(c2)Sc2ccccc2N3)cc1. The number of fused-ring (bicyclic) bond motifs is 2. The van der Waals surface area contributed by atoms with Crippen LogP contribution in [0.1, 0.15) is 0 Å². The second kappa shape index (κ2) is 5.19. The molecule has 4 rings (SSSR count). The molecule has 3 aromatic rings. The molecule has 3 aromatic carbocycles. The first kappa shape index (κ1) is 12.4. The second-order valence-electron chi connectivity index (χ2n) is 4.93. The third kappa shape index (κ3) is 2.48. The largest absolute Gasteiger partial charge is 0.355 e. The minimum Gasteiger partial charge on any atom is -0.355 e. The van der Waals surface area contributed by atoms with Gasteiger partial charge in [-0.05, 0) is 42.5 Å². The average Bonchev–Trinajstić information content (AvgIpc) is 2.54. The Bertz CT molecular complexity index is 784. The fraction of sp³-hybridized carbons (Fsp3) is 0. The molecule has 0 unspecified atom stereocenters. The Morgan fingerprint density at radius 1 is 0.667 bits per heavy atom. The molecule has 0 saturated heterocycles. The number of hydrogen-bond donors (Lipinski definition) is 2. The van der Waals surface area contributed by atoms with Crippen molar-refractivity contribution in [2.75, 3.05) is 10.6 Å². The van der Waals surface area contributed by atoms with Crippen LogP contribution < -0.4 is 10.6 Å². The fourth-order valence-electron chi connectivity index (χ4n) is 2.40. The van der Waals surface area contributed by atoms with Gasteiger partial charge in [-0.2, -0.15) is 0 Å². The highest BCUT2D eigenvalue weighted by Crippen LogP contribution is 2.44. The molecule has 2 N–H and O–H groups in total. The van der Waals surface area contributed by atoms with Crippen LogP contribution in [-0.2, 0) is 0 Å². The monoisotopic (exact) mass is 290 g/mol. The standard InChI is InChI=1S/C18H14N2S/c1-2-6-13(7-3-1)19-14-10-11-16-18(12-14)21-17-9-5-4-8-15(17)20-16/h1-12,19-20H. The van der Waals surface area contributed by atoms with Crippen molar-refractivity contribution in [2.45, 2.75) is 9.79 Å². The smallest absolute Gasteiger partial charge is 0.0527 e. The van der Waals surface area contributed by atoms with Crippen LogP contribution in [0.15, 0.2) is 82.6 Å². The average molecular weight is 290 g/mol. The van der Waals surface area contributed by atoms with Crippen molar-refractivity contribution in [1.82, 2.24) is 0 Å². The highest BCUT2D eigenvalue weighted by atomic mass is 32.2. The molecule has 0 fully saturated rings. The quantitative estimate of drug-likeness (QED) is 0.499. The summed E-state index contributed by atoms with van der Waals surface area (Å²) in [6, 6.07) is 25.0. The van der Waals surface area contributed by atoms with Crippen molar-refractivity contribution in [3.05, 3.63) is 72.8 Å². The van der Waals surface area contributed by atoms with Crippen LogP contribution >= 0.6 is 11.8 Å². The van der Waals surface area contributed by atoms with Gasteiger partial charge in [-0.15, -0.1) is 0 Å². The van der Waals surface area contributed by atoms with Gasteiger partial charge in [-0.3, -0.25) is 0 Å². The lowest BCUT2D eigenvalue weighted by Gasteiger charge is -2.21. The van der Waals surface area contributed by atoms with E-state index in [1.807, 2.05) is 18.2 Å². The number of rotatable bonds is 2. The first-order chi connectivity index (χ1) is 10.4. The summed E-state index contributed by atoms with van der Waals surface area (Å²) in [6.07, 6.45) is 0. The maximum absolute atomic E-state index is 3.48. The van der Waals surface area contributed by atoms with Crippen LogP contribution in [0.3, 0.4) is 0 Å². The number of nitrogens with one attached hydrogen (secondary N) is 2. The number of hydrogen-bond acceptors (Lipinski definition) is 3. The lowest BCUT2D eigenvalue weighted by molar-refractivity contribution is 1.31. The molecular weight excluding hydrogens is 276 g/mol. The zero-order valence-electron chi connectivity index (χ0n) is 11.3. The number of para-hydroxylation sites is 2.